The lowest BCUT2D eigenvalue weighted by Crippen LogP contribution is -2.50. The second kappa shape index (κ2) is 26.3. The van der Waals surface area contributed by atoms with Crippen molar-refractivity contribution >= 4 is 33.8 Å². The van der Waals surface area contributed by atoms with Gasteiger partial charge in [0.15, 0.2) is 0 Å². The summed E-state index contributed by atoms with van der Waals surface area (Å²) >= 11 is 0. The van der Waals surface area contributed by atoms with Crippen molar-refractivity contribution in [1.29, 1.82) is 0 Å². The van der Waals surface area contributed by atoms with Crippen molar-refractivity contribution in [1.82, 2.24) is 38.5 Å². The quantitative estimate of drug-likeness (QED) is 0.0803. The number of ether oxygens (including phenoxy) is 3. The Bertz CT molecular complexity index is 3410. The number of benzene rings is 4. The molecule has 10 rings (SSSR count). The molecule has 2 fully saturated rings. The maximum Gasteiger partial charge on any atom is 0.410 e. The van der Waals surface area contributed by atoms with Crippen LogP contribution in [0.4, 0.5) is 4.79 Å². The molecule has 0 aliphatic carbocycles. The van der Waals surface area contributed by atoms with Gasteiger partial charge in [0.1, 0.15) is 40.1 Å². The monoisotopic (exact) mass is 1090 g/mol. The molecule has 0 unspecified atom stereocenters. The molecule has 6 heterocycles. The van der Waals surface area contributed by atoms with E-state index >= 15 is 0 Å². The normalized spacial score (nSPS) is 14.4. The molecule has 2 saturated heterocycles. The van der Waals surface area contributed by atoms with E-state index in [0.717, 1.165) is 102 Å². The molecular weight excluding hydrogens is 1010 g/mol. The fraction of sp³-hybridized carbons (Fsp3) is 0.365. The van der Waals surface area contributed by atoms with Gasteiger partial charge in [0.05, 0.1) is 36.6 Å². The molecule has 0 radical (unpaired) electrons. The summed E-state index contributed by atoms with van der Waals surface area (Å²) in [5, 5.41) is 1.97. The number of fused-ring (bicyclic) bond motifs is 2. The third-order valence-electron chi connectivity index (χ3n) is 14.3. The summed E-state index contributed by atoms with van der Waals surface area (Å²) in [6.07, 6.45) is 3.05. The van der Waals surface area contributed by atoms with Crippen molar-refractivity contribution < 1.29 is 32.6 Å². The zero-order chi connectivity index (χ0) is 56.2. The summed E-state index contributed by atoms with van der Waals surface area (Å²) in [7, 11) is 3.97. The number of nitrogens with zero attached hydrogens (tertiary/aromatic N) is 8. The molecule has 0 bridgehead atoms. The van der Waals surface area contributed by atoms with Crippen molar-refractivity contribution in [3.8, 4) is 23.0 Å². The Morgan fingerprint density at radius 2 is 0.925 bits per heavy atom. The van der Waals surface area contributed by atoms with Gasteiger partial charge in [-0.1, -0.05) is 36.4 Å². The van der Waals surface area contributed by atoms with Gasteiger partial charge in [0.25, 0.3) is 11.1 Å². The minimum Gasteiger partial charge on any atom is -0.468 e. The average Bonchev–Trinajstić information content (AvgIpc) is 4.21. The molecule has 420 valence electrons. The Kier molecular flexibility index (Phi) is 18.7. The van der Waals surface area contributed by atoms with Crippen LogP contribution < -0.4 is 20.6 Å². The SMILES string of the molecule is CC(=O)N1CCN(CCn2c(=O)c(CN(C)Cc3ccco3)cc3ccc(Oc4ccccc4)cc32)CC1.CN(Cc1ccco1)Cc1cc2ccc(Oc3ccccc3)cc2n(CCN2CCN(C(=O)OC(C)(C)C)CC2)c1=O. The number of aromatic nitrogens is 2. The van der Waals surface area contributed by atoms with Crippen molar-refractivity contribution in [3.63, 3.8) is 0 Å². The van der Waals surface area contributed by atoms with Crippen LogP contribution in [0.3, 0.4) is 0 Å². The minimum absolute atomic E-state index is 0.00280. The third kappa shape index (κ3) is 15.4. The van der Waals surface area contributed by atoms with Crippen LogP contribution in [0.1, 0.15) is 50.3 Å². The van der Waals surface area contributed by atoms with Crippen LogP contribution >= 0.6 is 0 Å². The maximum atomic E-state index is 13.9. The molecule has 2 aliphatic heterocycles. The van der Waals surface area contributed by atoms with Crippen molar-refractivity contribution in [2.24, 2.45) is 0 Å². The highest BCUT2D eigenvalue weighted by atomic mass is 16.6. The number of carbonyl (C=O) groups is 2. The summed E-state index contributed by atoms with van der Waals surface area (Å²) < 4.78 is 32.5. The molecule has 4 aromatic carbocycles. The van der Waals surface area contributed by atoms with Gasteiger partial charge in [-0.2, -0.15) is 0 Å². The lowest BCUT2D eigenvalue weighted by molar-refractivity contribution is -0.130. The van der Waals surface area contributed by atoms with Crippen LogP contribution in [0, 0.1) is 0 Å². The van der Waals surface area contributed by atoms with Crippen LogP contribution in [0.5, 0.6) is 23.0 Å². The molecule has 2 aliphatic rings. The number of carbonyl (C=O) groups excluding carboxylic acids is 2. The third-order valence-corrected chi connectivity index (χ3v) is 14.3. The van der Waals surface area contributed by atoms with Crippen LogP contribution in [0.2, 0.25) is 0 Å². The number of amides is 2. The fourth-order valence-corrected chi connectivity index (χ4v) is 10.2. The molecule has 0 saturated carbocycles. The van der Waals surface area contributed by atoms with E-state index < -0.39 is 5.60 Å². The topological polar surface area (TPSA) is 152 Å². The van der Waals surface area contributed by atoms with Crippen LogP contribution in [0.15, 0.2) is 164 Å². The average molecular weight is 1090 g/mol. The van der Waals surface area contributed by atoms with E-state index in [1.807, 2.05) is 182 Å². The van der Waals surface area contributed by atoms with Crippen LogP contribution in [0.25, 0.3) is 21.8 Å². The van der Waals surface area contributed by atoms with Crippen molar-refractivity contribution in [2.75, 3.05) is 79.5 Å². The summed E-state index contributed by atoms with van der Waals surface area (Å²) in [6.45, 7) is 17.7. The smallest absolute Gasteiger partial charge is 0.410 e. The molecule has 2 amide bonds. The first-order chi connectivity index (χ1) is 38.6. The van der Waals surface area contributed by atoms with E-state index in [0.29, 0.717) is 70.4 Å². The predicted molar refractivity (Wildman–Crippen MR) is 310 cm³/mol. The van der Waals surface area contributed by atoms with E-state index in [9.17, 15) is 19.2 Å². The molecule has 0 N–H and O–H groups in total. The Balaban J connectivity index is 0.000000195. The Hall–Kier alpha value is -7.96. The largest absolute Gasteiger partial charge is 0.468 e. The van der Waals surface area contributed by atoms with Gasteiger partial charge in [-0.25, -0.2) is 4.79 Å². The van der Waals surface area contributed by atoms with Crippen LogP contribution in [-0.4, -0.2) is 136 Å². The summed E-state index contributed by atoms with van der Waals surface area (Å²) in [5.74, 6) is 4.69. The van der Waals surface area contributed by atoms with Gasteiger partial charge < -0.3 is 42.0 Å². The van der Waals surface area contributed by atoms with E-state index in [4.69, 9.17) is 23.0 Å². The summed E-state index contributed by atoms with van der Waals surface area (Å²) in [5.41, 5.74) is 2.62. The molecule has 17 heteroatoms. The first-order valence-corrected chi connectivity index (χ1v) is 27.5. The summed E-state index contributed by atoms with van der Waals surface area (Å²) in [4.78, 5) is 64.3. The highest BCUT2D eigenvalue weighted by molar-refractivity contribution is 5.82. The van der Waals surface area contributed by atoms with Gasteiger partial charge in [-0.3, -0.25) is 34.0 Å². The first-order valence-electron chi connectivity index (χ1n) is 27.5. The molecule has 0 spiro atoms. The first kappa shape index (κ1) is 56.7. The molecule has 17 nitrogen and oxygen atoms in total. The van der Waals surface area contributed by atoms with Gasteiger partial charge in [-0.05, 0) is 131 Å². The second-order valence-corrected chi connectivity index (χ2v) is 21.7. The number of hydrogen-bond donors (Lipinski definition) is 0. The lowest BCUT2D eigenvalue weighted by Gasteiger charge is -2.35. The Morgan fingerprint density at radius 3 is 1.31 bits per heavy atom. The molecule has 80 heavy (non-hydrogen) atoms. The zero-order valence-corrected chi connectivity index (χ0v) is 46.9. The van der Waals surface area contributed by atoms with Gasteiger partial charge in [0.2, 0.25) is 5.91 Å². The van der Waals surface area contributed by atoms with E-state index in [1.165, 1.54) is 0 Å². The van der Waals surface area contributed by atoms with Gasteiger partial charge in [0, 0.05) is 122 Å². The molecule has 0 atom stereocenters. The highest BCUT2D eigenvalue weighted by Gasteiger charge is 2.27. The van der Waals surface area contributed by atoms with Gasteiger partial charge >= 0.3 is 6.09 Å². The number of rotatable bonds is 18. The van der Waals surface area contributed by atoms with E-state index in [1.54, 1.807) is 24.3 Å². The van der Waals surface area contributed by atoms with Crippen LogP contribution in [-0.2, 0) is 48.8 Å². The summed E-state index contributed by atoms with van der Waals surface area (Å²) in [6, 6.07) is 42.7. The number of hydrogen-bond acceptors (Lipinski definition) is 13. The molecule has 8 aromatic rings. The molecular formula is C63H74N8O9. The van der Waals surface area contributed by atoms with Crippen molar-refractivity contribution in [3.05, 3.63) is 189 Å². The van der Waals surface area contributed by atoms with Gasteiger partial charge in [-0.15, -0.1) is 0 Å². The lowest BCUT2D eigenvalue weighted by atomic mass is 10.1. The number of para-hydroxylation sites is 2. The second-order valence-electron chi connectivity index (χ2n) is 21.7. The van der Waals surface area contributed by atoms with Crippen molar-refractivity contribution in [2.45, 2.75) is 72.6 Å². The highest BCUT2D eigenvalue weighted by Crippen LogP contribution is 2.28. The Morgan fingerprint density at radius 1 is 0.500 bits per heavy atom. The molecule has 4 aromatic heterocycles. The van der Waals surface area contributed by atoms with E-state index in [-0.39, 0.29) is 23.1 Å². The maximum absolute atomic E-state index is 13.9. The predicted octanol–water partition coefficient (Wildman–Crippen LogP) is 9.75. The number of furan rings is 2. The fourth-order valence-electron chi connectivity index (χ4n) is 10.2. The Labute approximate surface area is 467 Å². The number of piperazine rings is 2. The number of pyridine rings is 2. The van der Waals surface area contributed by atoms with E-state index in [2.05, 4.69) is 19.6 Å². The standard InChI is InChI=1S/C33H40N4O5.C30H34N4O4/c1-33(2,3)42-32(39)36-17-14-35(15-18-36)16-19-37-30-22-28(41-27-9-6-5-7-10-27)13-12-25(30)21-26(31(37)38)23-34(4)24-29-11-8-20-40-29;1-23(35)33-15-12-32(13-16-33)14-17-34-29-20-27(38-26-7-4-3-5-8-26)11-10-24(29)19-25(30(34)36)21-31(2)22-28-9-6-18-37-28/h5-13,20-22H,14-19,23-24H2,1-4H3;3-11,18-20H,12-17,21-22H2,1-2H3. The minimum atomic E-state index is -0.517. The zero-order valence-electron chi connectivity index (χ0n) is 46.9.